The summed E-state index contributed by atoms with van der Waals surface area (Å²) in [5.74, 6) is 0.595. The number of benzene rings is 3. The Balaban J connectivity index is 1.22. The first-order chi connectivity index (χ1) is 13.8. The van der Waals surface area contributed by atoms with Crippen molar-refractivity contribution >= 4 is 33.4 Å². The quantitative estimate of drug-likeness (QED) is 0.570. The highest BCUT2D eigenvalue weighted by molar-refractivity contribution is 6.01. The highest BCUT2D eigenvalue weighted by Crippen LogP contribution is 2.25. The van der Waals surface area contributed by atoms with E-state index in [1.54, 1.807) is 4.90 Å². The third-order valence-corrected chi connectivity index (χ3v) is 5.03. The van der Waals surface area contributed by atoms with Gasteiger partial charge >= 0.3 is 6.03 Å². The molecule has 2 amide bonds. The Kier molecular flexibility index (Phi) is 4.05. The Hall–Kier alpha value is -3.60. The fraction of sp³-hybridized carbons (Fsp3) is 0.130. The van der Waals surface area contributed by atoms with Gasteiger partial charge in [-0.05, 0) is 23.6 Å². The molecule has 5 heteroatoms. The minimum Gasteiger partial charge on any atom is -0.471 e. The number of anilines is 1. The van der Waals surface area contributed by atoms with Gasteiger partial charge in [0.05, 0.1) is 24.3 Å². The van der Waals surface area contributed by atoms with Gasteiger partial charge in [-0.3, -0.25) is 0 Å². The van der Waals surface area contributed by atoms with Gasteiger partial charge in [-0.1, -0.05) is 54.6 Å². The molecule has 1 N–H and O–H groups in total. The minimum atomic E-state index is -0.109. The van der Waals surface area contributed by atoms with Crippen molar-refractivity contribution in [3.8, 4) is 5.88 Å². The molecule has 0 bridgehead atoms. The van der Waals surface area contributed by atoms with Crippen LogP contribution in [0.4, 0.5) is 10.5 Å². The third kappa shape index (κ3) is 3.11. The summed E-state index contributed by atoms with van der Waals surface area (Å²) in [6, 6.07) is 25.6. The zero-order chi connectivity index (χ0) is 18.9. The Bertz CT molecular complexity index is 1160. The molecule has 1 fully saturated rings. The van der Waals surface area contributed by atoms with Crippen molar-refractivity contribution in [2.45, 2.75) is 6.10 Å². The number of pyridine rings is 1. The van der Waals surface area contributed by atoms with Crippen LogP contribution in [0.25, 0.3) is 21.7 Å². The van der Waals surface area contributed by atoms with Crippen LogP contribution in [0.1, 0.15) is 0 Å². The monoisotopic (exact) mass is 369 g/mol. The van der Waals surface area contributed by atoms with Gasteiger partial charge in [0.1, 0.15) is 6.10 Å². The smallest absolute Gasteiger partial charge is 0.322 e. The molecule has 5 rings (SSSR count). The third-order valence-electron chi connectivity index (χ3n) is 5.03. The zero-order valence-electron chi connectivity index (χ0n) is 15.2. The van der Waals surface area contributed by atoms with Gasteiger partial charge in [-0.15, -0.1) is 0 Å². The lowest BCUT2D eigenvalue weighted by atomic mass is 10.1. The lowest BCUT2D eigenvalue weighted by Crippen LogP contribution is -2.57. The molecule has 0 atom stereocenters. The Morgan fingerprint density at radius 3 is 2.54 bits per heavy atom. The van der Waals surface area contributed by atoms with Gasteiger partial charge in [0, 0.05) is 16.8 Å². The second-order valence-electron chi connectivity index (χ2n) is 6.94. The number of nitrogens with zero attached hydrogens (tertiary/aromatic N) is 2. The topological polar surface area (TPSA) is 54.5 Å². The lowest BCUT2D eigenvalue weighted by Gasteiger charge is -2.38. The second-order valence-corrected chi connectivity index (χ2v) is 6.94. The highest BCUT2D eigenvalue weighted by Gasteiger charge is 2.32. The number of para-hydroxylation sites is 1. The number of rotatable bonds is 3. The molecule has 0 saturated carbocycles. The van der Waals surface area contributed by atoms with E-state index in [0.717, 1.165) is 27.4 Å². The van der Waals surface area contributed by atoms with Crippen LogP contribution >= 0.6 is 0 Å². The number of urea groups is 1. The molecule has 0 unspecified atom stereocenters. The number of nitrogens with one attached hydrogen (secondary N) is 1. The van der Waals surface area contributed by atoms with Gasteiger partial charge < -0.3 is 15.0 Å². The number of carbonyl (C=O) groups is 1. The van der Waals surface area contributed by atoms with Crippen LogP contribution in [-0.4, -0.2) is 35.1 Å². The van der Waals surface area contributed by atoms with Gasteiger partial charge in [-0.25, -0.2) is 9.78 Å². The van der Waals surface area contributed by atoms with Crippen LogP contribution in [0.5, 0.6) is 5.88 Å². The molecule has 0 aliphatic carbocycles. The molecule has 0 spiro atoms. The van der Waals surface area contributed by atoms with Crippen molar-refractivity contribution in [3.05, 3.63) is 78.9 Å². The SMILES string of the molecule is O=C(Nc1cccc2ccccc12)N1CC(Oc2ccc3ccccc3n2)C1. The maximum absolute atomic E-state index is 12.6. The van der Waals surface area contributed by atoms with E-state index in [-0.39, 0.29) is 12.1 Å². The Labute approximate surface area is 162 Å². The van der Waals surface area contributed by atoms with E-state index in [1.807, 2.05) is 78.9 Å². The second kappa shape index (κ2) is 6.85. The van der Waals surface area contributed by atoms with Crippen molar-refractivity contribution in [2.24, 2.45) is 0 Å². The zero-order valence-corrected chi connectivity index (χ0v) is 15.2. The summed E-state index contributed by atoms with van der Waals surface area (Å²) in [5, 5.41) is 6.23. The average Bonchev–Trinajstić information content (AvgIpc) is 2.70. The summed E-state index contributed by atoms with van der Waals surface area (Å²) < 4.78 is 5.93. The van der Waals surface area contributed by atoms with Crippen LogP contribution in [0, 0.1) is 0 Å². The van der Waals surface area contributed by atoms with Gasteiger partial charge in [0.25, 0.3) is 0 Å². The molecule has 4 aromatic rings. The molecule has 0 radical (unpaired) electrons. The first-order valence-electron chi connectivity index (χ1n) is 9.32. The maximum atomic E-state index is 12.6. The number of fused-ring (bicyclic) bond motifs is 2. The van der Waals surface area contributed by atoms with Gasteiger partial charge in [0.15, 0.2) is 0 Å². The molecule has 28 heavy (non-hydrogen) atoms. The number of amides is 2. The molecular formula is C23H19N3O2. The van der Waals surface area contributed by atoms with Gasteiger partial charge in [0.2, 0.25) is 5.88 Å². The summed E-state index contributed by atoms with van der Waals surface area (Å²) in [6.45, 7) is 1.09. The number of carbonyl (C=O) groups excluding carboxylic acids is 1. The molecule has 138 valence electrons. The fourth-order valence-corrected chi connectivity index (χ4v) is 3.49. The predicted molar refractivity (Wildman–Crippen MR) is 111 cm³/mol. The van der Waals surface area contributed by atoms with Crippen molar-refractivity contribution in [1.29, 1.82) is 0 Å². The number of ether oxygens (including phenoxy) is 1. The number of aromatic nitrogens is 1. The summed E-state index contributed by atoms with van der Waals surface area (Å²) in [5.41, 5.74) is 1.73. The average molecular weight is 369 g/mol. The summed E-state index contributed by atoms with van der Waals surface area (Å²) in [4.78, 5) is 18.8. The van der Waals surface area contributed by atoms with E-state index in [9.17, 15) is 4.79 Å². The maximum Gasteiger partial charge on any atom is 0.322 e. The van der Waals surface area contributed by atoms with E-state index >= 15 is 0 Å². The lowest BCUT2D eigenvalue weighted by molar-refractivity contribution is 0.0463. The van der Waals surface area contributed by atoms with E-state index in [1.165, 1.54) is 0 Å². The normalized spacial score (nSPS) is 14.1. The summed E-state index contributed by atoms with van der Waals surface area (Å²) in [6.07, 6.45) is -0.0353. The van der Waals surface area contributed by atoms with Crippen molar-refractivity contribution in [1.82, 2.24) is 9.88 Å². The van der Waals surface area contributed by atoms with E-state index < -0.39 is 0 Å². The largest absolute Gasteiger partial charge is 0.471 e. The highest BCUT2D eigenvalue weighted by atomic mass is 16.5. The number of hydrogen-bond donors (Lipinski definition) is 1. The van der Waals surface area contributed by atoms with Crippen LogP contribution in [0.3, 0.4) is 0 Å². The number of hydrogen-bond acceptors (Lipinski definition) is 3. The van der Waals surface area contributed by atoms with Crippen molar-refractivity contribution < 1.29 is 9.53 Å². The standard InChI is InChI=1S/C23H19N3O2/c27-23(25-21-11-5-8-16-6-1-3-9-19(16)21)26-14-18(15-26)28-22-13-12-17-7-2-4-10-20(17)24-22/h1-13,18H,14-15H2,(H,25,27). The molecule has 5 nitrogen and oxygen atoms in total. The van der Waals surface area contributed by atoms with Crippen LogP contribution in [-0.2, 0) is 0 Å². The van der Waals surface area contributed by atoms with Gasteiger partial charge in [-0.2, -0.15) is 0 Å². The molecule has 1 saturated heterocycles. The van der Waals surface area contributed by atoms with E-state index in [0.29, 0.717) is 19.0 Å². The molecule has 3 aromatic carbocycles. The van der Waals surface area contributed by atoms with Crippen LogP contribution < -0.4 is 10.1 Å². The Morgan fingerprint density at radius 2 is 1.64 bits per heavy atom. The molecule has 1 aliphatic heterocycles. The molecular weight excluding hydrogens is 350 g/mol. The number of likely N-dealkylation sites (tertiary alicyclic amines) is 1. The predicted octanol–water partition coefficient (Wildman–Crippen LogP) is 4.68. The van der Waals surface area contributed by atoms with Crippen LogP contribution in [0.2, 0.25) is 0 Å². The summed E-state index contributed by atoms with van der Waals surface area (Å²) >= 11 is 0. The Morgan fingerprint density at radius 1 is 0.893 bits per heavy atom. The van der Waals surface area contributed by atoms with Crippen molar-refractivity contribution in [3.63, 3.8) is 0 Å². The first-order valence-corrected chi connectivity index (χ1v) is 9.32. The van der Waals surface area contributed by atoms with E-state index in [4.69, 9.17) is 4.74 Å². The first kappa shape index (κ1) is 16.6. The minimum absolute atomic E-state index is 0.0353. The molecule has 2 heterocycles. The fourth-order valence-electron chi connectivity index (χ4n) is 3.49. The van der Waals surface area contributed by atoms with E-state index in [2.05, 4.69) is 10.3 Å². The van der Waals surface area contributed by atoms with Crippen molar-refractivity contribution in [2.75, 3.05) is 18.4 Å². The molecule has 1 aromatic heterocycles. The van der Waals surface area contributed by atoms with Crippen LogP contribution in [0.15, 0.2) is 78.9 Å². The summed E-state index contributed by atoms with van der Waals surface area (Å²) in [7, 11) is 0. The molecule has 1 aliphatic rings.